The smallest absolute Gasteiger partial charge is 0.306 e. The summed E-state index contributed by atoms with van der Waals surface area (Å²) in [5.74, 6) is -2.47. The largest absolute Gasteiger partial charge is 0.456 e. The number of nitrogens with one attached hydrogen (secondary N) is 1. The number of esters is 1. The van der Waals surface area contributed by atoms with Crippen molar-refractivity contribution in [2.45, 2.75) is 19.3 Å². The summed E-state index contributed by atoms with van der Waals surface area (Å²) in [6, 6.07) is 2.71. The molecule has 1 aromatic carbocycles. The van der Waals surface area contributed by atoms with E-state index in [1.165, 1.54) is 0 Å². The van der Waals surface area contributed by atoms with E-state index in [4.69, 9.17) is 4.74 Å². The van der Waals surface area contributed by atoms with Crippen LogP contribution in [0.5, 0.6) is 0 Å². The molecule has 1 aliphatic carbocycles. The topological polar surface area (TPSA) is 55.4 Å². The molecule has 0 aromatic heterocycles. The molecule has 21 heavy (non-hydrogen) atoms. The second-order valence-corrected chi connectivity index (χ2v) is 4.80. The SMILES string of the molecule is O=C(COC(=O)C[C@@H]1C=CCC1)Nc1cc(F)ccc1F. The van der Waals surface area contributed by atoms with E-state index in [0.717, 1.165) is 31.0 Å². The molecule has 0 saturated heterocycles. The van der Waals surface area contributed by atoms with E-state index < -0.39 is 30.1 Å². The number of benzene rings is 1. The van der Waals surface area contributed by atoms with Gasteiger partial charge in [0.2, 0.25) is 0 Å². The van der Waals surface area contributed by atoms with Crippen molar-refractivity contribution >= 4 is 17.6 Å². The van der Waals surface area contributed by atoms with E-state index in [1.807, 2.05) is 12.2 Å². The normalized spacial score (nSPS) is 16.8. The molecule has 4 nitrogen and oxygen atoms in total. The first-order valence-corrected chi connectivity index (χ1v) is 6.62. The van der Waals surface area contributed by atoms with Gasteiger partial charge in [-0.15, -0.1) is 0 Å². The Morgan fingerprint density at radius 3 is 2.86 bits per heavy atom. The Bertz CT molecular complexity index is 572. The monoisotopic (exact) mass is 295 g/mol. The maximum absolute atomic E-state index is 13.3. The van der Waals surface area contributed by atoms with Gasteiger partial charge in [0.15, 0.2) is 6.61 Å². The summed E-state index contributed by atoms with van der Waals surface area (Å²) in [7, 11) is 0. The Morgan fingerprint density at radius 1 is 1.33 bits per heavy atom. The van der Waals surface area contributed by atoms with Crippen molar-refractivity contribution in [3.8, 4) is 0 Å². The third-order valence-corrected chi connectivity index (χ3v) is 3.11. The number of hydrogen-bond acceptors (Lipinski definition) is 3. The summed E-state index contributed by atoms with van der Waals surface area (Å²) in [6.45, 7) is -0.523. The maximum Gasteiger partial charge on any atom is 0.306 e. The Balaban J connectivity index is 1.77. The molecule has 112 valence electrons. The predicted octanol–water partition coefficient (Wildman–Crippen LogP) is 2.80. The molecule has 0 fully saturated rings. The van der Waals surface area contributed by atoms with Crippen molar-refractivity contribution in [3.63, 3.8) is 0 Å². The highest BCUT2D eigenvalue weighted by atomic mass is 19.1. The Hall–Kier alpha value is -2.24. The number of halogens is 2. The molecule has 0 saturated carbocycles. The van der Waals surface area contributed by atoms with Crippen LogP contribution in [0.15, 0.2) is 30.4 Å². The van der Waals surface area contributed by atoms with Crippen molar-refractivity contribution in [2.75, 3.05) is 11.9 Å². The first-order chi connectivity index (χ1) is 10.0. The molecule has 0 heterocycles. The first kappa shape index (κ1) is 15.2. The minimum absolute atomic E-state index is 0.154. The predicted molar refractivity (Wildman–Crippen MR) is 72.4 cm³/mol. The number of ether oxygens (including phenoxy) is 1. The number of rotatable bonds is 5. The summed E-state index contributed by atoms with van der Waals surface area (Å²) in [6.07, 6.45) is 6.01. The van der Waals surface area contributed by atoms with Gasteiger partial charge < -0.3 is 10.1 Å². The zero-order valence-electron chi connectivity index (χ0n) is 11.3. The molecule has 0 bridgehead atoms. The number of carbonyl (C=O) groups excluding carboxylic acids is 2. The van der Waals surface area contributed by atoms with Crippen LogP contribution < -0.4 is 5.32 Å². The van der Waals surface area contributed by atoms with E-state index in [1.54, 1.807) is 0 Å². The van der Waals surface area contributed by atoms with Gasteiger partial charge in [-0.3, -0.25) is 9.59 Å². The average Bonchev–Trinajstić information content (AvgIpc) is 2.93. The lowest BCUT2D eigenvalue weighted by Gasteiger charge is -2.09. The summed E-state index contributed by atoms with van der Waals surface area (Å²) in [5.41, 5.74) is -0.283. The first-order valence-electron chi connectivity index (χ1n) is 6.62. The number of hydrogen-bond donors (Lipinski definition) is 1. The minimum atomic E-state index is -0.757. The van der Waals surface area contributed by atoms with Crippen molar-refractivity contribution in [2.24, 2.45) is 5.92 Å². The van der Waals surface area contributed by atoms with Gasteiger partial charge in [0.05, 0.1) is 12.1 Å². The number of allylic oxidation sites excluding steroid dienone is 2. The molecule has 2 rings (SSSR count). The quantitative estimate of drug-likeness (QED) is 0.671. The van der Waals surface area contributed by atoms with Gasteiger partial charge in [0, 0.05) is 6.07 Å². The maximum atomic E-state index is 13.3. The fraction of sp³-hybridized carbons (Fsp3) is 0.333. The summed E-state index contributed by atoms with van der Waals surface area (Å²) in [4.78, 5) is 23.0. The van der Waals surface area contributed by atoms with Gasteiger partial charge in [0.1, 0.15) is 11.6 Å². The third-order valence-electron chi connectivity index (χ3n) is 3.11. The van der Waals surface area contributed by atoms with Crippen LogP contribution in [0.2, 0.25) is 0 Å². The molecule has 1 amide bonds. The molecule has 0 aliphatic heterocycles. The van der Waals surface area contributed by atoms with E-state index in [-0.39, 0.29) is 18.0 Å². The number of carbonyl (C=O) groups is 2. The van der Waals surface area contributed by atoms with E-state index >= 15 is 0 Å². The number of amides is 1. The second-order valence-electron chi connectivity index (χ2n) is 4.80. The Morgan fingerprint density at radius 2 is 2.14 bits per heavy atom. The number of anilines is 1. The fourth-order valence-electron chi connectivity index (χ4n) is 2.06. The van der Waals surface area contributed by atoms with Crippen LogP contribution in [0.3, 0.4) is 0 Å². The van der Waals surface area contributed by atoms with Crippen LogP contribution in [0.1, 0.15) is 19.3 Å². The fourth-order valence-corrected chi connectivity index (χ4v) is 2.06. The van der Waals surface area contributed by atoms with Crippen LogP contribution in [-0.4, -0.2) is 18.5 Å². The van der Waals surface area contributed by atoms with Crippen LogP contribution in [-0.2, 0) is 14.3 Å². The molecule has 1 atom stereocenters. The lowest BCUT2D eigenvalue weighted by Crippen LogP contribution is -2.22. The average molecular weight is 295 g/mol. The van der Waals surface area contributed by atoms with Gasteiger partial charge in [-0.2, -0.15) is 0 Å². The van der Waals surface area contributed by atoms with Crippen LogP contribution >= 0.6 is 0 Å². The van der Waals surface area contributed by atoms with E-state index in [9.17, 15) is 18.4 Å². The van der Waals surface area contributed by atoms with Crippen molar-refractivity contribution in [1.82, 2.24) is 0 Å². The molecular weight excluding hydrogens is 280 g/mol. The molecule has 0 spiro atoms. The standard InChI is InChI=1S/C15H15F2NO3/c16-11-5-6-12(17)13(8-11)18-14(19)9-21-15(20)7-10-3-1-2-4-10/h1,3,5-6,8,10H,2,4,7,9H2,(H,18,19)/t10-/m1/s1. The van der Waals surface area contributed by atoms with Crippen molar-refractivity contribution < 1.29 is 23.1 Å². The van der Waals surface area contributed by atoms with Crippen LogP contribution in [0.25, 0.3) is 0 Å². The second kappa shape index (κ2) is 6.97. The zero-order valence-corrected chi connectivity index (χ0v) is 11.3. The summed E-state index contributed by atoms with van der Waals surface area (Å²) >= 11 is 0. The molecule has 0 radical (unpaired) electrons. The van der Waals surface area contributed by atoms with Crippen LogP contribution in [0, 0.1) is 17.6 Å². The zero-order chi connectivity index (χ0) is 15.2. The van der Waals surface area contributed by atoms with Gasteiger partial charge >= 0.3 is 5.97 Å². The summed E-state index contributed by atoms with van der Waals surface area (Å²) < 4.78 is 31.0. The minimum Gasteiger partial charge on any atom is -0.456 e. The van der Waals surface area contributed by atoms with Gasteiger partial charge in [-0.05, 0) is 30.9 Å². The molecule has 1 N–H and O–H groups in total. The molecule has 6 heteroatoms. The third kappa shape index (κ3) is 4.66. The van der Waals surface area contributed by atoms with Gasteiger partial charge in [-0.1, -0.05) is 12.2 Å². The lowest BCUT2D eigenvalue weighted by molar-refractivity contribution is -0.147. The van der Waals surface area contributed by atoms with Crippen LogP contribution in [0.4, 0.5) is 14.5 Å². The van der Waals surface area contributed by atoms with Gasteiger partial charge in [0.25, 0.3) is 5.91 Å². The van der Waals surface area contributed by atoms with Crippen molar-refractivity contribution in [1.29, 1.82) is 0 Å². The molecular formula is C15H15F2NO3. The lowest BCUT2D eigenvalue weighted by atomic mass is 10.1. The molecule has 0 unspecified atom stereocenters. The van der Waals surface area contributed by atoms with Crippen molar-refractivity contribution in [3.05, 3.63) is 42.0 Å². The Kier molecular flexibility index (Phi) is 5.03. The highest BCUT2D eigenvalue weighted by Gasteiger charge is 2.16. The molecule has 1 aromatic rings. The van der Waals surface area contributed by atoms with E-state index in [0.29, 0.717) is 0 Å². The summed E-state index contributed by atoms with van der Waals surface area (Å²) in [5, 5.41) is 2.15. The highest BCUT2D eigenvalue weighted by molar-refractivity contribution is 5.92. The van der Waals surface area contributed by atoms with Gasteiger partial charge in [-0.25, -0.2) is 8.78 Å². The Labute approximate surface area is 120 Å². The highest BCUT2D eigenvalue weighted by Crippen LogP contribution is 2.20. The van der Waals surface area contributed by atoms with E-state index in [2.05, 4.69) is 5.32 Å². The molecule has 1 aliphatic rings.